The summed E-state index contributed by atoms with van der Waals surface area (Å²) >= 11 is 0. The van der Waals surface area contributed by atoms with Gasteiger partial charge in [-0.1, -0.05) is 51.5 Å². The number of hydrogen-bond donors (Lipinski definition) is 1. The lowest BCUT2D eigenvalue weighted by atomic mass is 9.49. The van der Waals surface area contributed by atoms with E-state index < -0.39 is 0 Å². The fraction of sp³-hybridized carbons (Fsp3) is 0.667. The summed E-state index contributed by atoms with van der Waals surface area (Å²) in [5.74, 6) is 1.45. The number of anilines is 1. The van der Waals surface area contributed by atoms with Crippen molar-refractivity contribution in [3.63, 3.8) is 0 Å². The van der Waals surface area contributed by atoms with E-state index in [1.807, 2.05) is 18.2 Å². The van der Waals surface area contributed by atoms with Gasteiger partial charge in [0.1, 0.15) is 0 Å². The summed E-state index contributed by atoms with van der Waals surface area (Å²) in [6.07, 6.45) is 7.04. The van der Waals surface area contributed by atoms with E-state index in [2.05, 4.69) is 68.8 Å². The van der Waals surface area contributed by atoms with E-state index in [0.717, 1.165) is 56.2 Å². The average molecular weight is 426 g/mol. The first-order valence-electron chi connectivity index (χ1n) is 12.3. The minimum absolute atomic E-state index is 0.0288. The van der Waals surface area contributed by atoms with Crippen molar-refractivity contribution >= 4 is 11.7 Å². The molecule has 1 aromatic carbocycles. The van der Waals surface area contributed by atoms with E-state index in [1.54, 1.807) is 0 Å². The number of hydrogen-bond acceptors (Lipinski definition) is 2. The monoisotopic (exact) mass is 425 g/mol. The van der Waals surface area contributed by atoms with Crippen molar-refractivity contribution < 1.29 is 4.79 Å². The van der Waals surface area contributed by atoms with Gasteiger partial charge in [-0.05, 0) is 94.1 Å². The molecule has 4 heteroatoms. The van der Waals surface area contributed by atoms with Gasteiger partial charge < -0.3 is 15.1 Å². The maximum Gasteiger partial charge on any atom is 0.322 e. The molecular formula is C27H43N3O. The maximum atomic E-state index is 13.4. The molecule has 0 aliphatic heterocycles. The van der Waals surface area contributed by atoms with Crippen LogP contribution >= 0.6 is 0 Å². The number of urea groups is 1. The molecule has 4 rings (SSSR count). The number of benzene rings is 1. The van der Waals surface area contributed by atoms with Crippen LogP contribution in [0.3, 0.4) is 0 Å². The Morgan fingerprint density at radius 2 is 2.00 bits per heavy atom. The van der Waals surface area contributed by atoms with Crippen LogP contribution in [-0.4, -0.2) is 48.1 Å². The Bertz CT molecular complexity index is 780. The number of carbonyl (C=O) groups is 1. The Morgan fingerprint density at radius 1 is 1.26 bits per heavy atom. The second-order valence-electron chi connectivity index (χ2n) is 10.3. The Balaban J connectivity index is 1.70. The van der Waals surface area contributed by atoms with E-state index in [9.17, 15) is 4.79 Å². The fourth-order valence-electron chi connectivity index (χ4n) is 5.50. The zero-order valence-corrected chi connectivity index (χ0v) is 20.6. The number of fused-ring (bicyclic) bond motifs is 1. The Hall–Kier alpha value is -1.81. The van der Waals surface area contributed by atoms with Crippen molar-refractivity contribution in [2.24, 2.45) is 17.3 Å². The number of carbonyl (C=O) groups excluding carboxylic acids is 1. The van der Waals surface area contributed by atoms with E-state index >= 15 is 0 Å². The normalized spacial score (nSPS) is 22.5. The number of allylic oxidation sites excluding steroid dienone is 1. The number of amides is 2. The molecule has 0 aromatic heterocycles. The number of nitrogens with zero attached hydrogens (tertiary/aromatic N) is 2. The van der Waals surface area contributed by atoms with Crippen molar-refractivity contribution in [1.82, 2.24) is 9.80 Å². The molecule has 0 spiro atoms. The van der Waals surface area contributed by atoms with Crippen molar-refractivity contribution in [3.8, 4) is 0 Å². The summed E-state index contributed by atoms with van der Waals surface area (Å²) < 4.78 is 0. The quantitative estimate of drug-likeness (QED) is 0.444. The molecule has 3 aliphatic rings. The minimum Gasteiger partial charge on any atom is -0.318 e. The molecule has 4 nitrogen and oxygen atoms in total. The SMILES string of the molecule is CCN(CC)CCCC(C)N(CC1=CCC2CC1C2(C)C)C(=O)Nc1cccc(C)c1. The van der Waals surface area contributed by atoms with E-state index in [0.29, 0.717) is 11.3 Å². The Morgan fingerprint density at radius 3 is 2.61 bits per heavy atom. The summed E-state index contributed by atoms with van der Waals surface area (Å²) in [5, 5.41) is 3.17. The second-order valence-corrected chi connectivity index (χ2v) is 10.3. The third-order valence-electron chi connectivity index (χ3n) is 7.99. The molecular weight excluding hydrogens is 382 g/mol. The molecule has 1 fully saturated rings. The Labute approximate surface area is 190 Å². The molecule has 31 heavy (non-hydrogen) atoms. The summed E-state index contributed by atoms with van der Waals surface area (Å²) in [6.45, 7) is 17.6. The molecule has 3 atom stereocenters. The first-order chi connectivity index (χ1) is 14.8. The molecule has 0 saturated heterocycles. The molecule has 0 radical (unpaired) electrons. The topological polar surface area (TPSA) is 35.6 Å². The van der Waals surface area contributed by atoms with E-state index in [4.69, 9.17) is 0 Å². The maximum absolute atomic E-state index is 13.4. The zero-order valence-electron chi connectivity index (χ0n) is 20.6. The highest BCUT2D eigenvalue weighted by atomic mass is 16.2. The number of rotatable bonds is 10. The van der Waals surface area contributed by atoms with Gasteiger partial charge in [-0.2, -0.15) is 0 Å². The van der Waals surface area contributed by atoms with Gasteiger partial charge in [-0.25, -0.2) is 4.79 Å². The standard InChI is InChI=1S/C27H43N3O/c1-7-29(8-2)16-10-12-21(4)30(26(31)28-24-13-9-11-20(3)17-24)19-22-14-15-23-18-25(22)27(23,5)6/h9,11,13-14,17,21,23,25H,7-8,10,12,15-16,18-19H2,1-6H3,(H,28,31). The van der Waals surface area contributed by atoms with Crippen LogP contribution in [0.5, 0.6) is 0 Å². The van der Waals surface area contributed by atoms with Crippen molar-refractivity contribution in [1.29, 1.82) is 0 Å². The van der Waals surface area contributed by atoms with E-state index in [-0.39, 0.29) is 12.1 Å². The van der Waals surface area contributed by atoms with Crippen molar-refractivity contribution in [2.75, 3.05) is 31.5 Å². The fourth-order valence-corrected chi connectivity index (χ4v) is 5.50. The first kappa shape index (κ1) is 23.8. The van der Waals surface area contributed by atoms with Gasteiger partial charge in [0.05, 0.1) is 0 Å². The highest BCUT2D eigenvalue weighted by Crippen LogP contribution is 2.59. The molecule has 3 aliphatic carbocycles. The average Bonchev–Trinajstić information content (AvgIpc) is 2.74. The van der Waals surface area contributed by atoms with Gasteiger partial charge in [-0.15, -0.1) is 0 Å². The van der Waals surface area contributed by atoms with Crippen molar-refractivity contribution in [2.45, 2.75) is 73.3 Å². The van der Waals surface area contributed by atoms with Gasteiger partial charge >= 0.3 is 6.03 Å². The Kier molecular flexibility index (Phi) is 7.85. The minimum atomic E-state index is 0.0288. The van der Waals surface area contributed by atoms with Crippen LogP contribution in [0.2, 0.25) is 0 Å². The largest absolute Gasteiger partial charge is 0.322 e. The molecule has 1 aromatic rings. The third-order valence-corrected chi connectivity index (χ3v) is 7.99. The van der Waals surface area contributed by atoms with Crippen LogP contribution in [-0.2, 0) is 0 Å². The predicted molar refractivity (Wildman–Crippen MR) is 131 cm³/mol. The first-order valence-corrected chi connectivity index (χ1v) is 12.3. The molecule has 1 N–H and O–H groups in total. The smallest absolute Gasteiger partial charge is 0.318 e. The lowest BCUT2D eigenvalue weighted by Gasteiger charge is -2.57. The highest BCUT2D eigenvalue weighted by Gasteiger charge is 2.51. The lowest BCUT2D eigenvalue weighted by molar-refractivity contribution is -0.0103. The molecule has 2 amide bonds. The van der Waals surface area contributed by atoms with Crippen LogP contribution in [0.4, 0.5) is 10.5 Å². The van der Waals surface area contributed by atoms with Gasteiger partial charge in [-0.3, -0.25) is 0 Å². The summed E-state index contributed by atoms with van der Waals surface area (Å²) in [7, 11) is 0. The highest BCUT2D eigenvalue weighted by molar-refractivity contribution is 5.89. The second kappa shape index (κ2) is 10.2. The third kappa shape index (κ3) is 5.52. The molecule has 0 heterocycles. The number of aryl methyl sites for hydroxylation is 1. The van der Waals surface area contributed by atoms with Crippen molar-refractivity contribution in [3.05, 3.63) is 41.5 Å². The summed E-state index contributed by atoms with van der Waals surface area (Å²) in [6, 6.07) is 8.33. The van der Waals surface area contributed by atoms with Crippen LogP contribution in [0.1, 0.15) is 65.9 Å². The summed E-state index contributed by atoms with van der Waals surface area (Å²) in [5.41, 5.74) is 3.90. The summed E-state index contributed by atoms with van der Waals surface area (Å²) in [4.78, 5) is 18.0. The van der Waals surface area contributed by atoms with Crippen LogP contribution in [0.15, 0.2) is 35.9 Å². The number of nitrogens with one attached hydrogen (secondary N) is 1. The molecule has 2 bridgehead atoms. The van der Waals surface area contributed by atoms with Crippen LogP contribution < -0.4 is 5.32 Å². The van der Waals surface area contributed by atoms with Crippen LogP contribution in [0.25, 0.3) is 0 Å². The molecule has 3 unspecified atom stereocenters. The molecule has 1 saturated carbocycles. The van der Waals surface area contributed by atoms with Gasteiger partial charge in [0.15, 0.2) is 0 Å². The van der Waals surface area contributed by atoms with E-state index in [1.165, 1.54) is 18.4 Å². The zero-order chi connectivity index (χ0) is 22.6. The van der Waals surface area contributed by atoms with Crippen LogP contribution in [0, 0.1) is 24.2 Å². The van der Waals surface area contributed by atoms with Gasteiger partial charge in [0.25, 0.3) is 0 Å². The van der Waals surface area contributed by atoms with Gasteiger partial charge in [0.2, 0.25) is 0 Å². The predicted octanol–water partition coefficient (Wildman–Crippen LogP) is 6.33. The molecule has 172 valence electrons. The lowest BCUT2D eigenvalue weighted by Crippen LogP contribution is -2.51. The van der Waals surface area contributed by atoms with Gasteiger partial charge in [0, 0.05) is 18.3 Å².